The summed E-state index contributed by atoms with van der Waals surface area (Å²) in [6.07, 6.45) is 0. The molecular formula is C6H9N3O3. The van der Waals surface area contributed by atoms with E-state index in [1.54, 1.807) is 0 Å². The second-order valence-corrected chi connectivity index (χ2v) is 2.33. The van der Waals surface area contributed by atoms with Gasteiger partial charge in [-0.25, -0.2) is 0 Å². The summed E-state index contributed by atoms with van der Waals surface area (Å²) in [5.74, 6) is -1.08. The molecule has 0 atom stereocenters. The van der Waals surface area contributed by atoms with Gasteiger partial charge >= 0.3 is 0 Å². The van der Waals surface area contributed by atoms with Crippen molar-refractivity contribution in [3.8, 4) is 0 Å². The van der Waals surface area contributed by atoms with Crippen LogP contribution in [-0.2, 0) is 14.4 Å². The van der Waals surface area contributed by atoms with Crippen molar-refractivity contribution < 1.29 is 14.4 Å². The number of hydrogen-bond donors (Lipinski definition) is 3. The van der Waals surface area contributed by atoms with Gasteiger partial charge < -0.3 is 16.0 Å². The van der Waals surface area contributed by atoms with Crippen LogP contribution in [0.2, 0.25) is 0 Å². The van der Waals surface area contributed by atoms with Crippen molar-refractivity contribution in [2.75, 3.05) is 19.6 Å². The second kappa shape index (κ2) is 3.70. The molecule has 0 radical (unpaired) electrons. The molecule has 0 bridgehead atoms. The smallest absolute Gasteiger partial charge is 0.239 e. The third kappa shape index (κ3) is 2.57. The lowest BCUT2D eigenvalue weighted by Crippen LogP contribution is -2.37. The molecule has 3 amide bonds. The van der Waals surface area contributed by atoms with Crippen molar-refractivity contribution >= 4 is 17.7 Å². The van der Waals surface area contributed by atoms with Crippen LogP contribution in [0.25, 0.3) is 0 Å². The lowest BCUT2D eigenvalue weighted by molar-refractivity contribution is -0.125. The molecule has 1 aliphatic rings. The predicted octanol–water partition coefficient (Wildman–Crippen LogP) is -2.65. The average molecular weight is 171 g/mol. The first-order valence-corrected chi connectivity index (χ1v) is 3.48. The summed E-state index contributed by atoms with van der Waals surface area (Å²) in [5.41, 5.74) is 0. The Morgan fingerprint density at radius 3 is 1.17 bits per heavy atom. The van der Waals surface area contributed by atoms with Gasteiger partial charge in [0.1, 0.15) is 0 Å². The second-order valence-electron chi connectivity index (χ2n) is 2.33. The molecule has 1 fully saturated rings. The van der Waals surface area contributed by atoms with Crippen LogP contribution in [0.15, 0.2) is 0 Å². The number of carbonyl (C=O) groups excluding carboxylic acids is 3. The molecule has 1 heterocycles. The van der Waals surface area contributed by atoms with E-state index in [2.05, 4.69) is 16.0 Å². The van der Waals surface area contributed by atoms with Crippen LogP contribution >= 0.6 is 0 Å². The molecule has 0 aromatic heterocycles. The fraction of sp³-hybridized carbons (Fsp3) is 0.500. The van der Waals surface area contributed by atoms with Crippen LogP contribution in [0, 0.1) is 0 Å². The van der Waals surface area contributed by atoms with Crippen LogP contribution in [-0.4, -0.2) is 37.4 Å². The maximum atomic E-state index is 10.8. The van der Waals surface area contributed by atoms with Gasteiger partial charge in [-0.05, 0) is 0 Å². The minimum atomic E-state index is -0.361. The Morgan fingerprint density at radius 2 is 0.917 bits per heavy atom. The molecular weight excluding hydrogens is 162 g/mol. The lowest BCUT2D eigenvalue weighted by Gasteiger charge is -1.99. The molecule has 0 unspecified atom stereocenters. The van der Waals surface area contributed by atoms with E-state index in [1.807, 2.05) is 0 Å². The van der Waals surface area contributed by atoms with Gasteiger partial charge in [-0.3, -0.25) is 14.4 Å². The predicted molar refractivity (Wildman–Crippen MR) is 39.0 cm³/mol. The molecule has 12 heavy (non-hydrogen) atoms. The summed E-state index contributed by atoms with van der Waals surface area (Å²) < 4.78 is 0. The highest BCUT2D eigenvalue weighted by Gasteiger charge is 2.11. The Morgan fingerprint density at radius 1 is 0.667 bits per heavy atom. The highest BCUT2D eigenvalue weighted by molar-refractivity contribution is 5.92. The van der Waals surface area contributed by atoms with E-state index in [0.717, 1.165) is 0 Å². The lowest BCUT2D eigenvalue weighted by atomic mass is 10.5. The Balaban J connectivity index is 2.52. The molecule has 0 saturated carbocycles. The third-order valence-electron chi connectivity index (χ3n) is 1.34. The van der Waals surface area contributed by atoms with Gasteiger partial charge in [-0.15, -0.1) is 0 Å². The molecule has 66 valence electrons. The molecule has 0 aromatic rings. The summed E-state index contributed by atoms with van der Waals surface area (Å²) in [6, 6.07) is 0. The minimum Gasteiger partial charge on any atom is -0.346 e. The van der Waals surface area contributed by atoms with Crippen molar-refractivity contribution in [3.63, 3.8) is 0 Å². The van der Waals surface area contributed by atoms with E-state index in [1.165, 1.54) is 0 Å². The standard InChI is InChI=1S/C6H9N3O3/c10-4-1-7-5(11)2-9-6(12)3-8-4/h1-3H2,(H,7,11)(H,8,10)(H,9,12). The molecule has 6 heteroatoms. The van der Waals surface area contributed by atoms with Crippen molar-refractivity contribution in [3.05, 3.63) is 0 Å². The molecule has 6 nitrogen and oxygen atoms in total. The van der Waals surface area contributed by atoms with E-state index < -0.39 is 0 Å². The van der Waals surface area contributed by atoms with E-state index >= 15 is 0 Å². The fourth-order valence-corrected chi connectivity index (χ4v) is 0.724. The van der Waals surface area contributed by atoms with E-state index in [9.17, 15) is 14.4 Å². The van der Waals surface area contributed by atoms with Crippen LogP contribution in [0.1, 0.15) is 0 Å². The van der Waals surface area contributed by atoms with Crippen LogP contribution in [0.4, 0.5) is 0 Å². The minimum absolute atomic E-state index is 0.0756. The summed E-state index contributed by atoms with van der Waals surface area (Å²) in [5, 5.41) is 6.99. The maximum absolute atomic E-state index is 10.8. The Kier molecular flexibility index (Phi) is 2.62. The van der Waals surface area contributed by atoms with E-state index in [0.29, 0.717) is 0 Å². The monoisotopic (exact) mass is 171 g/mol. The fourth-order valence-electron chi connectivity index (χ4n) is 0.724. The third-order valence-corrected chi connectivity index (χ3v) is 1.34. The topological polar surface area (TPSA) is 87.3 Å². The molecule has 1 aliphatic heterocycles. The maximum Gasteiger partial charge on any atom is 0.239 e. The van der Waals surface area contributed by atoms with Gasteiger partial charge in [0, 0.05) is 0 Å². The Labute approximate surface area is 68.7 Å². The number of amides is 3. The molecule has 0 aliphatic carbocycles. The van der Waals surface area contributed by atoms with Crippen LogP contribution in [0.5, 0.6) is 0 Å². The zero-order valence-corrected chi connectivity index (χ0v) is 6.35. The molecule has 3 N–H and O–H groups in total. The summed E-state index contributed by atoms with van der Waals surface area (Å²) in [7, 11) is 0. The Bertz CT molecular complexity index is 170. The van der Waals surface area contributed by atoms with Crippen molar-refractivity contribution in [1.82, 2.24) is 16.0 Å². The number of carbonyl (C=O) groups is 3. The van der Waals surface area contributed by atoms with Gasteiger partial charge in [0.15, 0.2) is 0 Å². The summed E-state index contributed by atoms with van der Waals surface area (Å²) in [4.78, 5) is 32.3. The largest absolute Gasteiger partial charge is 0.346 e. The summed E-state index contributed by atoms with van der Waals surface area (Å²) in [6.45, 7) is -0.227. The van der Waals surface area contributed by atoms with Crippen LogP contribution < -0.4 is 16.0 Å². The van der Waals surface area contributed by atoms with Gasteiger partial charge in [-0.1, -0.05) is 0 Å². The van der Waals surface area contributed by atoms with Crippen molar-refractivity contribution in [1.29, 1.82) is 0 Å². The zero-order valence-electron chi connectivity index (χ0n) is 6.35. The molecule has 1 rings (SSSR count). The SMILES string of the molecule is O=C1CNC(=O)CNC(=O)CN1. The van der Waals surface area contributed by atoms with Gasteiger partial charge in [-0.2, -0.15) is 0 Å². The zero-order chi connectivity index (χ0) is 8.97. The highest BCUT2D eigenvalue weighted by Crippen LogP contribution is 1.73. The normalized spacial score (nSPS) is 19.5. The first-order chi connectivity index (χ1) is 5.68. The Hall–Kier alpha value is -1.59. The van der Waals surface area contributed by atoms with Crippen molar-refractivity contribution in [2.24, 2.45) is 0 Å². The first-order valence-electron chi connectivity index (χ1n) is 3.48. The number of nitrogens with one attached hydrogen (secondary N) is 3. The van der Waals surface area contributed by atoms with Crippen LogP contribution in [0.3, 0.4) is 0 Å². The highest BCUT2D eigenvalue weighted by atomic mass is 16.2. The summed E-state index contributed by atoms with van der Waals surface area (Å²) >= 11 is 0. The van der Waals surface area contributed by atoms with E-state index in [4.69, 9.17) is 0 Å². The molecule has 1 saturated heterocycles. The quantitative estimate of drug-likeness (QED) is 0.372. The molecule has 0 spiro atoms. The number of rotatable bonds is 0. The van der Waals surface area contributed by atoms with Gasteiger partial charge in [0.25, 0.3) is 0 Å². The first kappa shape index (κ1) is 8.51. The number of hydrogen-bond acceptors (Lipinski definition) is 3. The van der Waals surface area contributed by atoms with Gasteiger partial charge in [0.05, 0.1) is 19.6 Å². The average Bonchev–Trinajstić information content (AvgIpc) is 2.11. The van der Waals surface area contributed by atoms with Crippen molar-refractivity contribution in [2.45, 2.75) is 0 Å². The molecule has 0 aromatic carbocycles. The van der Waals surface area contributed by atoms with E-state index in [-0.39, 0.29) is 37.4 Å². The van der Waals surface area contributed by atoms with Gasteiger partial charge in [0.2, 0.25) is 17.7 Å².